The van der Waals surface area contributed by atoms with Crippen LogP contribution in [-0.4, -0.2) is 17.6 Å². The van der Waals surface area contributed by atoms with Crippen LogP contribution in [0.2, 0.25) is 0 Å². The highest BCUT2D eigenvalue weighted by atomic mass is 79.9. The van der Waals surface area contributed by atoms with Gasteiger partial charge in [0.1, 0.15) is 6.61 Å². The third kappa shape index (κ3) is 2.29. The van der Waals surface area contributed by atoms with Crippen molar-refractivity contribution in [3.63, 3.8) is 0 Å². The van der Waals surface area contributed by atoms with Gasteiger partial charge in [0.15, 0.2) is 0 Å². The second-order valence-corrected chi connectivity index (χ2v) is 3.77. The quantitative estimate of drug-likeness (QED) is 0.879. The lowest BCUT2D eigenvalue weighted by Gasteiger charge is -2.22. The molecule has 0 radical (unpaired) electrons. The number of aliphatic hydroxyl groups is 1. The van der Waals surface area contributed by atoms with Crippen LogP contribution in [0.1, 0.15) is 11.6 Å². The summed E-state index contributed by atoms with van der Waals surface area (Å²) >= 11 is 3.12. The molecule has 0 spiro atoms. The van der Waals surface area contributed by atoms with E-state index in [-0.39, 0.29) is 5.56 Å². The van der Waals surface area contributed by atoms with Gasteiger partial charge in [-0.15, -0.1) is 0 Å². The minimum Gasteiger partial charge on any atom is -0.390 e. The first-order chi connectivity index (χ1) is 6.49. The van der Waals surface area contributed by atoms with Gasteiger partial charge in [0.2, 0.25) is 0 Å². The minimum absolute atomic E-state index is 0.284. The van der Waals surface area contributed by atoms with Crippen molar-refractivity contribution in [1.29, 1.82) is 0 Å². The summed E-state index contributed by atoms with van der Waals surface area (Å²) in [5.74, 6) is -3.30. The average Bonchev–Trinajstić information content (AvgIpc) is 2.17. The number of hydrogen-bond donors (Lipinski definition) is 2. The fraction of sp³-hybridized carbons (Fsp3) is 0.333. The molecule has 78 valence electrons. The Morgan fingerprint density at radius 1 is 1.43 bits per heavy atom. The van der Waals surface area contributed by atoms with Gasteiger partial charge in [-0.25, -0.2) is 8.78 Å². The summed E-state index contributed by atoms with van der Waals surface area (Å²) in [5.41, 5.74) is 5.63. The molecule has 0 bridgehead atoms. The molecule has 0 saturated carbocycles. The predicted molar refractivity (Wildman–Crippen MR) is 53.1 cm³/mol. The van der Waals surface area contributed by atoms with Gasteiger partial charge in [0, 0.05) is 4.47 Å². The first-order valence-corrected chi connectivity index (χ1v) is 4.77. The lowest BCUT2D eigenvalue weighted by molar-refractivity contribution is -0.0713. The maximum absolute atomic E-state index is 13.0. The van der Waals surface area contributed by atoms with Crippen molar-refractivity contribution < 1.29 is 13.9 Å². The monoisotopic (exact) mass is 265 g/mol. The van der Waals surface area contributed by atoms with E-state index in [2.05, 4.69) is 15.9 Å². The molecule has 1 atom stereocenters. The Kier molecular flexibility index (Phi) is 3.58. The zero-order valence-corrected chi connectivity index (χ0v) is 8.84. The summed E-state index contributed by atoms with van der Waals surface area (Å²) in [7, 11) is 0. The van der Waals surface area contributed by atoms with Gasteiger partial charge in [-0.3, -0.25) is 0 Å². The molecule has 0 amide bonds. The van der Waals surface area contributed by atoms with Gasteiger partial charge in [0.25, 0.3) is 5.92 Å². The maximum atomic E-state index is 13.0. The molecule has 0 saturated heterocycles. The highest BCUT2D eigenvalue weighted by molar-refractivity contribution is 9.10. The van der Waals surface area contributed by atoms with Gasteiger partial charge in [-0.1, -0.05) is 34.1 Å². The predicted octanol–water partition coefficient (Wildman–Crippen LogP) is 2.08. The molecule has 1 rings (SSSR count). The van der Waals surface area contributed by atoms with Crippen LogP contribution in [0.5, 0.6) is 0 Å². The Balaban J connectivity index is 3.00. The number of hydrogen-bond acceptors (Lipinski definition) is 2. The van der Waals surface area contributed by atoms with Crippen LogP contribution in [-0.2, 0) is 0 Å². The lowest BCUT2D eigenvalue weighted by atomic mass is 10.0. The summed E-state index contributed by atoms with van der Waals surface area (Å²) in [6.45, 7) is -1.25. The fourth-order valence-electron chi connectivity index (χ4n) is 1.05. The number of alkyl halides is 2. The van der Waals surface area contributed by atoms with Crippen molar-refractivity contribution in [3.05, 3.63) is 34.3 Å². The van der Waals surface area contributed by atoms with Gasteiger partial charge in [-0.05, 0) is 11.6 Å². The summed E-state index contributed by atoms with van der Waals surface area (Å²) in [5, 5.41) is 8.47. The van der Waals surface area contributed by atoms with Crippen LogP contribution in [0.25, 0.3) is 0 Å². The van der Waals surface area contributed by atoms with Crippen LogP contribution in [0, 0.1) is 0 Å². The molecule has 1 aromatic rings. The molecule has 0 aliphatic heterocycles. The van der Waals surface area contributed by atoms with E-state index >= 15 is 0 Å². The SMILES string of the molecule is N[C@@H](c1ccccc1Br)C(F)(F)CO. The molecule has 14 heavy (non-hydrogen) atoms. The summed E-state index contributed by atoms with van der Waals surface area (Å²) in [6, 6.07) is 4.95. The molecule has 0 aliphatic rings. The summed E-state index contributed by atoms with van der Waals surface area (Å²) in [4.78, 5) is 0. The molecule has 0 heterocycles. The van der Waals surface area contributed by atoms with E-state index in [1.54, 1.807) is 18.2 Å². The van der Waals surface area contributed by atoms with E-state index in [0.717, 1.165) is 0 Å². The van der Waals surface area contributed by atoms with E-state index in [1.807, 2.05) is 0 Å². The minimum atomic E-state index is -3.30. The van der Waals surface area contributed by atoms with Crippen molar-refractivity contribution in [2.24, 2.45) is 5.73 Å². The normalized spacial score (nSPS) is 14.1. The van der Waals surface area contributed by atoms with E-state index in [1.165, 1.54) is 6.07 Å². The molecule has 0 fully saturated rings. The smallest absolute Gasteiger partial charge is 0.289 e. The van der Waals surface area contributed by atoms with Crippen LogP contribution >= 0.6 is 15.9 Å². The van der Waals surface area contributed by atoms with Crippen LogP contribution in [0.3, 0.4) is 0 Å². The van der Waals surface area contributed by atoms with Gasteiger partial charge < -0.3 is 10.8 Å². The summed E-state index contributed by atoms with van der Waals surface area (Å²) < 4.78 is 26.5. The topological polar surface area (TPSA) is 46.2 Å². The Morgan fingerprint density at radius 2 is 2.00 bits per heavy atom. The van der Waals surface area contributed by atoms with Crippen molar-refractivity contribution in [2.45, 2.75) is 12.0 Å². The molecule has 2 nitrogen and oxygen atoms in total. The van der Waals surface area contributed by atoms with Gasteiger partial charge in [0.05, 0.1) is 6.04 Å². The second kappa shape index (κ2) is 4.33. The van der Waals surface area contributed by atoms with Crippen molar-refractivity contribution >= 4 is 15.9 Å². The van der Waals surface area contributed by atoms with E-state index in [4.69, 9.17) is 10.8 Å². The van der Waals surface area contributed by atoms with Crippen molar-refractivity contribution in [3.8, 4) is 0 Å². The number of aliphatic hydroxyl groups excluding tert-OH is 1. The lowest BCUT2D eigenvalue weighted by Crippen LogP contribution is -2.36. The highest BCUT2D eigenvalue weighted by Gasteiger charge is 2.38. The standard InChI is InChI=1S/C9H10BrF2NO/c10-7-4-2-1-3-6(7)8(13)9(11,12)5-14/h1-4,8,14H,5,13H2/t8-/m0/s1. The Hall–Kier alpha value is -0.520. The Bertz CT molecular complexity index is 319. The molecule has 0 aromatic heterocycles. The number of rotatable bonds is 3. The number of nitrogens with two attached hydrogens (primary N) is 1. The molecule has 0 unspecified atom stereocenters. The highest BCUT2D eigenvalue weighted by Crippen LogP contribution is 2.32. The van der Waals surface area contributed by atoms with E-state index < -0.39 is 18.6 Å². The second-order valence-electron chi connectivity index (χ2n) is 2.92. The average molecular weight is 266 g/mol. The van der Waals surface area contributed by atoms with Crippen molar-refractivity contribution in [2.75, 3.05) is 6.61 Å². The molecule has 3 N–H and O–H groups in total. The molecule has 0 aliphatic carbocycles. The number of benzene rings is 1. The van der Waals surface area contributed by atoms with E-state index in [0.29, 0.717) is 4.47 Å². The third-order valence-corrected chi connectivity index (χ3v) is 2.63. The molecular formula is C9H10BrF2NO. The Morgan fingerprint density at radius 3 is 2.50 bits per heavy atom. The van der Waals surface area contributed by atoms with Gasteiger partial charge in [-0.2, -0.15) is 0 Å². The maximum Gasteiger partial charge on any atom is 0.289 e. The molecular weight excluding hydrogens is 256 g/mol. The zero-order chi connectivity index (χ0) is 10.8. The zero-order valence-electron chi connectivity index (χ0n) is 7.25. The molecule has 5 heteroatoms. The van der Waals surface area contributed by atoms with Crippen LogP contribution < -0.4 is 5.73 Å². The van der Waals surface area contributed by atoms with E-state index in [9.17, 15) is 8.78 Å². The first-order valence-electron chi connectivity index (χ1n) is 3.97. The Labute approximate surface area is 88.9 Å². The fourth-order valence-corrected chi connectivity index (χ4v) is 1.58. The van der Waals surface area contributed by atoms with Crippen LogP contribution in [0.4, 0.5) is 8.78 Å². The molecule has 1 aromatic carbocycles. The number of halogens is 3. The van der Waals surface area contributed by atoms with Crippen molar-refractivity contribution in [1.82, 2.24) is 0 Å². The first kappa shape index (κ1) is 11.6. The summed E-state index contributed by atoms with van der Waals surface area (Å²) in [6.07, 6.45) is 0. The largest absolute Gasteiger partial charge is 0.390 e. The van der Waals surface area contributed by atoms with Gasteiger partial charge >= 0.3 is 0 Å². The van der Waals surface area contributed by atoms with Crippen LogP contribution in [0.15, 0.2) is 28.7 Å². The third-order valence-electron chi connectivity index (χ3n) is 1.91.